The molecule has 0 bridgehead atoms. The van der Waals surface area contributed by atoms with Crippen molar-refractivity contribution in [2.24, 2.45) is 5.92 Å². The summed E-state index contributed by atoms with van der Waals surface area (Å²) >= 11 is 0. The Bertz CT molecular complexity index is 886. The Morgan fingerprint density at radius 2 is 1.89 bits per heavy atom. The van der Waals surface area contributed by atoms with Crippen LogP contribution in [-0.2, 0) is 4.57 Å². The Kier molecular flexibility index (Phi) is 5.29. The van der Waals surface area contributed by atoms with E-state index in [1.807, 2.05) is 0 Å². The van der Waals surface area contributed by atoms with Gasteiger partial charge < -0.3 is 24.0 Å². The third-order valence-corrected chi connectivity index (χ3v) is 6.29. The second-order valence-electron chi connectivity index (χ2n) is 6.96. The van der Waals surface area contributed by atoms with Crippen molar-refractivity contribution in [2.75, 3.05) is 26.5 Å². The van der Waals surface area contributed by atoms with Gasteiger partial charge >= 0.3 is 7.75 Å². The number of hydrogen-bond donors (Lipinski definition) is 2. The maximum atomic E-state index is 13.3. The van der Waals surface area contributed by atoms with E-state index in [0.29, 0.717) is 23.7 Å². The van der Waals surface area contributed by atoms with E-state index in [4.69, 9.17) is 14.2 Å². The highest BCUT2D eigenvalue weighted by Crippen LogP contribution is 2.46. The largest absolute Gasteiger partial charge is 0.493 e. The Morgan fingerprint density at radius 3 is 2.64 bits per heavy atom. The third kappa shape index (κ3) is 4.15. The molecule has 7 nitrogen and oxygen atoms in total. The molecule has 9 heteroatoms. The van der Waals surface area contributed by atoms with Gasteiger partial charge in [-0.2, -0.15) is 0 Å². The predicted molar refractivity (Wildman–Crippen MR) is 98.9 cm³/mol. The zero-order chi connectivity index (χ0) is 19.7. The van der Waals surface area contributed by atoms with Gasteiger partial charge in [0.25, 0.3) is 0 Å². The van der Waals surface area contributed by atoms with Gasteiger partial charge in [-0.15, -0.1) is 0 Å². The molecule has 2 atom stereocenters. The first-order chi connectivity index (χ1) is 13.4. The number of ether oxygens (including phenoxy) is 3. The second kappa shape index (κ2) is 7.72. The summed E-state index contributed by atoms with van der Waals surface area (Å²) in [5.74, 6) is 1.38. The summed E-state index contributed by atoms with van der Waals surface area (Å²) in [5.41, 5.74) is 0.936. The van der Waals surface area contributed by atoms with Crippen LogP contribution >= 0.6 is 7.75 Å². The van der Waals surface area contributed by atoms with Gasteiger partial charge in [-0.05, 0) is 42.2 Å². The minimum Gasteiger partial charge on any atom is -0.493 e. The van der Waals surface area contributed by atoms with E-state index in [9.17, 15) is 18.7 Å². The highest BCUT2D eigenvalue weighted by molar-refractivity contribution is 7.49. The van der Waals surface area contributed by atoms with Gasteiger partial charge in [0.15, 0.2) is 11.5 Å². The van der Waals surface area contributed by atoms with Gasteiger partial charge in [0.2, 0.25) is 6.79 Å². The van der Waals surface area contributed by atoms with E-state index < -0.39 is 7.75 Å². The summed E-state index contributed by atoms with van der Waals surface area (Å²) in [6.45, 7) is 0.896. The van der Waals surface area contributed by atoms with Crippen LogP contribution in [-0.4, -0.2) is 40.9 Å². The van der Waals surface area contributed by atoms with Crippen LogP contribution < -0.4 is 14.2 Å². The first-order valence-electron chi connectivity index (χ1n) is 8.99. The van der Waals surface area contributed by atoms with E-state index in [1.54, 1.807) is 30.3 Å². The molecular weight excluding hydrogens is 388 g/mol. The van der Waals surface area contributed by atoms with Crippen molar-refractivity contribution in [1.29, 1.82) is 0 Å². The van der Waals surface area contributed by atoms with Gasteiger partial charge in [-0.3, -0.25) is 0 Å². The van der Waals surface area contributed by atoms with Gasteiger partial charge in [0.05, 0.1) is 6.61 Å². The molecule has 2 aromatic rings. The van der Waals surface area contributed by atoms with Crippen molar-refractivity contribution < 1.29 is 33.0 Å². The fourth-order valence-corrected chi connectivity index (χ4v) is 4.54. The average molecular weight is 409 g/mol. The molecule has 2 heterocycles. The number of halogens is 1. The maximum Gasteiger partial charge on any atom is 0.403 e. The second-order valence-corrected chi connectivity index (χ2v) is 8.55. The maximum absolute atomic E-state index is 13.3. The third-order valence-electron chi connectivity index (χ3n) is 5.19. The summed E-state index contributed by atoms with van der Waals surface area (Å²) in [5, 5.41) is 0. The van der Waals surface area contributed by atoms with E-state index in [-0.39, 0.29) is 44.1 Å². The van der Waals surface area contributed by atoms with E-state index in [2.05, 4.69) is 0 Å². The number of rotatable bonds is 5. The quantitative estimate of drug-likeness (QED) is 0.734. The molecule has 2 unspecified atom stereocenters. The molecule has 1 fully saturated rings. The molecule has 150 valence electrons. The van der Waals surface area contributed by atoms with Gasteiger partial charge in [-0.25, -0.2) is 13.6 Å². The fourth-order valence-electron chi connectivity index (χ4n) is 3.74. The molecule has 0 amide bonds. The van der Waals surface area contributed by atoms with Crippen LogP contribution in [0, 0.1) is 11.7 Å². The highest BCUT2D eigenvalue weighted by atomic mass is 31.2. The molecule has 0 aliphatic carbocycles. The van der Waals surface area contributed by atoms with Crippen molar-refractivity contribution in [3.05, 3.63) is 53.8 Å². The molecule has 0 saturated carbocycles. The summed E-state index contributed by atoms with van der Waals surface area (Å²) < 4.78 is 42.7. The lowest BCUT2D eigenvalue weighted by Crippen LogP contribution is -2.40. The van der Waals surface area contributed by atoms with Crippen LogP contribution in [0.2, 0.25) is 0 Å². The van der Waals surface area contributed by atoms with Gasteiger partial charge in [-0.1, -0.05) is 12.1 Å². The topological polar surface area (TPSA) is 88.5 Å². The smallest absolute Gasteiger partial charge is 0.403 e. The molecule has 4 rings (SSSR count). The molecule has 0 radical (unpaired) electrons. The predicted octanol–water partition coefficient (Wildman–Crippen LogP) is 3.13. The van der Waals surface area contributed by atoms with E-state index in [0.717, 1.165) is 5.56 Å². The van der Waals surface area contributed by atoms with Crippen molar-refractivity contribution in [3.8, 4) is 17.2 Å². The Morgan fingerprint density at radius 1 is 1.14 bits per heavy atom. The molecule has 1 saturated heterocycles. The minimum absolute atomic E-state index is 0.0115. The van der Waals surface area contributed by atoms with Gasteiger partial charge in [0.1, 0.15) is 11.6 Å². The molecular formula is C19H21FNO6P. The molecule has 2 N–H and O–H groups in total. The van der Waals surface area contributed by atoms with Crippen LogP contribution in [0.5, 0.6) is 17.2 Å². The Balaban J connectivity index is 1.51. The monoisotopic (exact) mass is 409 g/mol. The lowest BCUT2D eigenvalue weighted by Gasteiger charge is -2.38. The van der Waals surface area contributed by atoms with Crippen LogP contribution in [0.25, 0.3) is 0 Å². The van der Waals surface area contributed by atoms with Crippen molar-refractivity contribution >= 4 is 7.75 Å². The molecule has 28 heavy (non-hydrogen) atoms. The summed E-state index contributed by atoms with van der Waals surface area (Å²) in [6.07, 6.45) is 0.548. The molecule has 0 spiro atoms. The summed E-state index contributed by atoms with van der Waals surface area (Å²) in [7, 11) is -4.33. The normalized spacial score (nSPS) is 22.2. The van der Waals surface area contributed by atoms with E-state index in [1.165, 1.54) is 16.8 Å². The Labute approximate surface area is 161 Å². The van der Waals surface area contributed by atoms with Crippen molar-refractivity contribution in [3.63, 3.8) is 0 Å². The number of fused-ring (bicyclic) bond motifs is 1. The zero-order valence-electron chi connectivity index (χ0n) is 15.0. The lowest BCUT2D eigenvalue weighted by molar-refractivity contribution is 0.137. The number of hydrogen-bond acceptors (Lipinski definition) is 4. The molecule has 2 aliphatic heterocycles. The van der Waals surface area contributed by atoms with Crippen LogP contribution in [0.1, 0.15) is 17.9 Å². The molecule has 0 aromatic heterocycles. The van der Waals surface area contributed by atoms with Crippen molar-refractivity contribution in [2.45, 2.75) is 12.3 Å². The number of nitrogens with zero attached hydrogens (tertiary/aromatic N) is 1. The molecule has 2 aromatic carbocycles. The number of benzene rings is 2. The first kappa shape index (κ1) is 19.2. The van der Waals surface area contributed by atoms with Crippen LogP contribution in [0.4, 0.5) is 4.39 Å². The average Bonchev–Trinajstić information content (AvgIpc) is 3.14. The summed E-state index contributed by atoms with van der Waals surface area (Å²) in [6, 6.07) is 11.5. The SMILES string of the molecule is O=P(O)(O)N1CCC(c2ccc(F)cc2)C(COc2ccc3c(c2)OCO3)C1. The Hall–Kier alpha value is -2.12. The van der Waals surface area contributed by atoms with Crippen LogP contribution in [0.3, 0.4) is 0 Å². The van der Waals surface area contributed by atoms with Crippen LogP contribution in [0.15, 0.2) is 42.5 Å². The van der Waals surface area contributed by atoms with E-state index >= 15 is 0 Å². The molecule has 2 aliphatic rings. The van der Waals surface area contributed by atoms with Gasteiger partial charge in [0, 0.05) is 25.1 Å². The zero-order valence-corrected chi connectivity index (χ0v) is 15.9. The highest BCUT2D eigenvalue weighted by Gasteiger charge is 2.37. The number of piperidine rings is 1. The van der Waals surface area contributed by atoms with Crippen molar-refractivity contribution in [1.82, 2.24) is 4.67 Å². The lowest BCUT2D eigenvalue weighted by atomic mass is 9.81. The minimum atomic E-state index is -4.33. The fraction of sp³-hybridized carbons (Fsp3) is 0.368. The first-order valence-corrected chi connectivity index (χ1v) is 10.6. The standard InChI is InChI=1S/C19H21FNO6P/c20-15-3-1-13(2-4-15)17-7-8-21(28(22,23)24)10-14(17)11-25-16-5-6-18-19(9-16)27-12-26-18/h1-6,9,14,17H,7-8,10-12H2,(H2,22,23,24). The summed E-state index contributed by atoms with van der Waals surface area (Å²) in [4.78, 5) is 19.1.